The summed E-state index contributed by atoms with van der Waals surface area (Å²) in [6, 6.07) is 10.0. The van der Waals surface area contributed by atoms with E-state index in [1.807, 2.05) is 11.8 Å². The molecule has 0 aliphatic carbocycles. The summed E-state index contributed by atoms with van der Waals surface area (Å²) in [4.78, 5) is 12.7. The zero-order valence-electron chi connectivity index (χ0n) is 18.0. The molecule has 11 heteroatoms. The molecule has 1 aliphatic rings. The Morgan fingerprint density at radius 2 is 1.88 bits per heavy atom. The first kappa shape index (κ1) is 23.9. The summed E-state index contributed by atoms with van der Waals surface area (Å²) in [5.74, 6) is 0.143. The standard InChI is InChI=1S/C21H27N3O7S/c1-16-3-6-19(7-4-16)32(28,29)23(15-18(25)14-22-9-11-31-12-10-22)20-13-17(24(26)27)5-8-21(20)30-2/h3-8,13,18,25H,9-12,14-15H2,1-2H3/t18-/m1/s1. The summed E-state index contributed by atoms with van der Waals surface area (Å²) in [5, 5.41) is 22.1. The lowest BCUT2D eigenvalue weighted by molar-refractivity contribution is -0.384. The van der Waals surface area contributed by atoms with Crippen LogP contribution in [0, 0.1) is 17.0 Å². The van der Waals surface area contributed by atoms with Gasteiger partial charge in [-0.05, 0) is 25.1 Å². The number of nitrogens with zero attached hydrogens (tertiary/aromatic N) is 3. The van der Waals surface area contributed by atoms with Gasteiger partial charge in [0.1, 0.15) is 11.4 Å². The van der Waals surface area contributed by atoms with Gasteiger partial charge in [-0.1, -0.05) is 17.7 Å². The first-order valence-corrected chi connectivity index (χ1v) is 11.6. The lowest BCUT2D eigenvalue weighted by Gasteiger charge is -2.32. The summed E-state index contributed by atoms with van der Waals surface area (Å²) in [7, 11) is -2.80. The maximum absolute atomic E-state index is 13.6. The highest BCUT2D eigenvalue weighted by Crippen LogP contribution is 2.36. The van der Waals surface area contributed by atoms with E-state index < -0.39 is 21.1 Å². The Hall–Kier alpha value is -2.73. The van der Waals surface area contributed by atoms with Gasteiger partial charge in [-0.3, -0.25) is 19.3 Å². The number of nitro benzene ring substituents is 1. The first-order chi connectivity index (χ1) is 15.2. The number of methoxy groups -OCH3 is 1. The van der Waals surface area contributed by atoms with Crippen LogP contribution in [0.25, 0.3) is 0 Å². The van der Waals surface area contributed by atoms with E-state index in [4.69, 9.17) is 9.47 Å². The molecule has 32 heavy (non-hydrogen) atoms. The van der Waals surface area contributed by atoms with Crippen LogP contribution in [0.2, 0.25) is 0 Å². The largest absolute Gasteiger partial charge is 0.495 e. The van der Waals surface area contributed by atoms with Crippen molar-refractivity contribution < 1.29 is 27.9 Å². The molecule has 0 amide bonds. The van der Waals surface area contributed by atoms with Gasteiger partial charge in [0.2, 0.25) is 0 Å². The molecule has 1 atom stereocenters. The number of aliphatic hydroxyl groups excluding tert-OH is 1. The van der Waals surface area contributed by atoms with Crippen LogP contribution in [-0.4, -0.2) is 76.0 Å². The fourth-order valence-electron chi connectivity index (χ4n) is 3.48. The molecule has 2 aromatic carbocycles. The summed E-state index contributed by atoms with van der Waals surface area (Å²) in [5.41, 5.74) is 0.589. The van der Waals surface area contributed by atoms with Crippen LogP contribution < -0.4 is 9.04 Å². The first-order valence-electron chi connectivity index (χ1n) is 10.1. The van der Waals surface area contributed by atoms with Gasteiger partial charge < -0.3 is 14.6 Å². The fraction of sp³-hybridized carbons (Fsp3) is 0.429. The molecule has 174 valence electrons. The lowest BCUT2D eigenvalue weighted by atomic mass is 10.2. The molecule has 0 aromatic heterocycles. The van der Waals surface area contributed by atoms with E-state index >= 15 is 0 Å². The van der Waals surface area contributed by atoms with E-state index in [2.05, 4.69) is 0 Å². The average molecular weight is 466 g/mol. The predicted octanol–water partition coefficient (Wildman–Crippen LogP) is 1.80. The van der Waals surface area contributed by atoms with Gasteiger partial charge in [0.15, 0.2) is 0 Å². The van der Waals surface area contributed by atoms with E-state index in [0.717, 1.165) is 15.9 Å². The molecule has 1 N–H and O–H groups in total. The highest BCUT2D eigenvalue weighted by atomic mass is 32.2. The molecule has 1 fully saturated rings. The van der Waals surface area contributed by atoms with Crippen molar-refractivity contribution in [1.29, 1.82) is 0 Å². The van der Waals surface area contributed by atoms with E-state index in [1.54, 1.807) is 12.1 Å². The van der Waals surface area contributed by atoms with Crippen LogP contribution in [-0.2, 0) is 14.8 Å². The van der Waals surface area contributed by atoms with E-state index in [-0.39, 0.29) is 35.1 Å². The van der Waals surface area contributed by atoms with Gasteiger partial charge in [-0.15, -0.1) is 0 Å². The molecule has 0 spiro atoms. The highest BCUT2D eigenvalue weighted by Gasteiger charge is 2.31. The van der Waals surface area contributed by atoms with Crippen molar-refractivity contribution in [3.8, 4) is 5.75 Å². The van der Waals surface area contributed by atoms with Crippen LogP contribution in [0.15, 0.2) is 47.4 Å². The van der Waals surface area contributed by atoms with Gasteiger partial charge in [0.25, 0.3) is 15.7 Å². The summed E-state index contributed by atoms with van der Waals surface area (Å²) in [6.45, 7) is 4.10. The van der Waals surface area contributed by atoms with Crippen LogP contribution in [0.5, 0.6) is 5.75 Å². The summed E-state index contributed by atoms with van der Waals surface area (Å²) >= 11 is 0. The van der Waals surface area contributed by atoms with Crippen molar-refractivity contribution in [2.24, 2.45) is 0 Å². The Balaban J connectivity index is 2.02. The quantitative estimate of drug-likeness (QED) is 0.439. The van der Waals surface area contributed by atoms with Crippen molar-refractivity contribution in [2.45, 2.75) is 17.9 Å². The zero-order valence-corrected chi connectivity index (χ0v) is 18.8. The number of morpholine rings is 1. The smallest absolute Gasteiger partial charge is 0.271 e. The zero-order chi connectivity index (χ0) is 23.3. The molecule has 0 unspecified atom stereocenters. The number of β-amino-alcohol motifs (C(OH)–C–C–N with tert-alkyl or cyclic N) is 1. The molecule has 3 rings (SSSR count). The Bertz CT molecular complexity index is 1040. The third-order valence-electron chi connectivity index (χ3n) is 5.20. The van der Waals surface area contributed by atoms with Crippen molar-refractivity contribution in [3.63, 3.8) is 0 Å². The average Bonchev–Trinajstić information content (AvgIpc) is 2.78. The molecule has 0 saturated carbocycles. The molecule has 1 saturated heterocycles. The number of benzene rings is 2. The Kier molecular flexibility index (Phi) is 7.67. The van der Waals surface area contributed by atoms with E-state index in [9.17, 15) is 23.6 Å². The summed E-state index contributed by atoms with van der Waals surface area (Å²) in [6.07, 6.45) is -1.04. The van der Waals surface area contributed by atoms with E-state index in [1.165, 1.54) is 31.4 Å². The minimum atomic E-state index is -4.15. The predicted molar refractivity (Wildman–Crippen MR) is 119 cm³/mol. The Labute approximate surface area is 187 Å². The van der Waals surface area contributed by atoms with E-state index in [0.29, 0.717) is 26.3 Å². The minimum absolute atomic E-state index is 0.00947. The number of aryl methyl sites for hydroxylation is 1. The molecule has 2 aromatic rings. The Morgan fingerprint density at radius 3 is 2.47 bits per heavy atom. The van der Waals surface area contributed by atoms with Gasteiger partial charge in [0.05, 0.1) is 42.8 Å². The number of nitro groups is 1. The van der Waals surface area contributed by atoms with Crippen LogP contribution in [0.4, 0.5) is 11.4 Å². The number of sulfonamides is 1. The molecule has 1 aliphatic heterocycles. The third kappa shape index (κ3) is 5.54. The summed E-state index contributed by atoms with van der Waals surface area (Å²) < 4.78 is 38.7. The second-order valence-corrected chi connectivity index (χ2v) is 9.39. The number of hydrogen-bond donors (Lipinski definition) is 1. The van der Waals surface area contributed by atoms with Gasteiger partial charge >= 0.3 is 0 Å². The monoisotopic (exact) mass is 465 g/mol. The SMILES string of the molecule is COc1ccc([N+](=O)[O-])cc1N(C[C@H](O)CN1CCOCC1)S(=O)(=O)c1ccc(C)cc1. The number of anilines is 1. The second kappa shape index (κ2) is 10.3. The number of non-ortho nitro benzene ring substituents is 1. The molecule has 1 heterocycles. The Morgan fingerprint density at radius 1 is 1.22 bits per heavy atom. The number of ether oxygens (including phenoxy) is 2. The molecular weight excluding hydrogens is 438 g/mol. The second-order valence-electron chi connectivity index (χ2n) is 7.53. The minimum Gasteiger partial charge on any atom is -0.495 e. The molecular formula is C21H27N3O7S. The number of aliphatic hydroxyl groups is 1. The van der Waals surface area contributed by atoms with Gasteiger partial charge in [-0.25, -0.2) is 8.42 Å². The molecule has 10 nitrogen and oxygen atoms in total. The maximum atomic E-state index is 13.6. The van der Waals surface area contributed by atoms with Crippen molar-refractivity contribution in [2.75, 3.05) is 50.8 Å². The van der Waals surface area contributed by atoms with Crippen molar-refractivity contribution >= 4 is 21.4 Å². The van der Waals surface area contributed by atoms with Gasteiger partial charge in [0, 0.05) is 31.8 Å². The maximum Gasteiger partial charge on any atom is 0.271 e. The topological polar surface area (TPSA) is 122 Å². The highest BCUT2D eigenvalue weighted by molar-refractivity contribution is 7.92. The molecule has 0 bridgehead atoms. The lowest BCUT2D eigenvalue weighted by Crippen LogP contribution is -2.46. The van der Waals surface area contributed by atoms with Crippen LogP contribution >= 0.6 is 0 Å². The van der Waals surface area contributed by atoms with Gasteiger partial charge in [-0.2, -0.15) is 0 Å². The fourth-order valence-corrected chi connectivity index (χ4v) is 4.99. The van der Waals surface area contributed by atoms with Crippen molar-refractivity contribution in [1.82, 2.24) is 4.90 Å². The van der Waals surface area contributed by atoms with Crippen molar-refractivity contribution in [3.05, 3.63) is 58.1 Å². The third-order valence-corrected chi connectivity index (χ3v) is 6.99. The van der Waals surface area contributed by atoms with Crippen LogP contribution in [0.3, 0.4) is 0 Å². The number of rotatable bonds is 9. The molecule has 0 radical (unpaired) electrons. The van der Waals surface area contributed by atoms with Crippen LogP contribution in [0.1, 0.15) is 5.56 Å². The number of hydrogen-bond acceptors (Lipinski definition) is 8. The normalized spacial score (nSPS) is 15.8.